The van der Waals surface area contributed by atoms with E-state index in [2.05, 4.69) is 34.5 Å². The summed E-state index contributed by atoms with van der Waals surface area (Å²) < 4.78 is 2.11. The lowest BCUT2D eigenvalue weighted by Gasteiger charge is -2.28. The van der Waals surface area contributed by atoms with Crippen LogP contribution < -0.4 is 0 Å². The zero-order valence-electron chi connectivity index (χ0n) is 16.4. The van der Waals surface area contributed by atoms with E-state index >= 15 is 0 Å². The van der Waals surface area contributed by atoms with Crippen LogP contribution in [0, 0.1) is 17.3 Å². The molecule has 2 amide bonds. The molecule has 4 aliphatic rings. The van der Waals surface area contributed by atoms with Gasteiger partial charge in [0.05, 0.1) is 17.4 Å². The maximum absolute atomic E-state index is 13.5. The molecule has 0 N–H and O–H groups in total. The molecule has 2 saturated heterocycles. The van der Waals surface area contributed by atoms with Crippen LogP contribution in [-0.4, -0.2) is 57.3 Å². The van der Waals surface area contributed by atoms with E-state index in [1.807, 2.05) is 11.2 Å². The van der Waals surface area contributed by atoms with Crippen LogP contribution in [0.25, 0.3) is 0 Å². The zero-order valence-corrected chi connectivity index (χ0v) is 16.4. The average molecular weight is 370 g/mol. The first-order valence-corrected chi connectivity index (χ1v) is 10.6. The number of hydrogen-bond acceptors (Lipinski definition) is 3. The van der Waals surface area contributed by atoms with Gasteiger partial charge in [0.15, 0.2) is 0 Å². The van der Waals surface area contributed by atoms with E-state index in [1.165, 1.54) is 12.8 Å². The highest BCUT2D eigenvalue weighted by molar-refractivity contribution is 5.89. The number of imidazole rings is 1. The predicted octanol–water partition coefficient (Wildman–Crippen LogP) is 2.43. The average Bonchev–Trinajstić information content (AvgIpc) is 3.55. The van der Waals surface area contributed by atoms with Crippen LogP contribution in [0.3, 0.4) is 0 Å². The highest BCUT2D eigenvalue weighted by Gasteiger charge is 2.59. The maximum atomic E-state index is 13.5. The monoisotopic (exact) mass is 370 g/mol. The van der Waals surface area contributed by atoms with Gasteiger partial charge in [-0.3, -0.25) is 9.59 Å². The highest BCUT2D eigenvalue weighted by Crippen LogP contribution is 2.51. The van der Waals surface area contributed by atoms with Crippen molar-refractivity contribution in [2.45, 2.75) is 57.9 Å². The van der Waals surface area contributed by atoms with Crippen molar-refractivity contribution < 1.29 is 9.59 Å². The number of rotatable bonds is 5. The molecule has 0 radical (unpaired) electrons. The fraction of sp³-hybridized carbons (Fsp3) is 0.762. The Hall–Kier alpha value is -1.85. The second kappa shape index (κ2) is 6.08. The maximum Gasteiger partial charge on any atom is 0.231 e. The minimum atomic E-state index is -0.463. The number of hydrogen-bond donors (Lipinski definition) is 0. The fourth-order valence-electron chi connectivity index (χ4n) is 4.97. The van der Waals surface area contributed by atoms with Crippen molar-refractivity contribution in [3.63, 3.8) is 0 Å². The molecular formula is C21H30N4O2. The summed E-state index contributed by atoms with van der Waals surface area (Å²) in [6.45, 7) is 7.25. The normalized spacial score (nSPS) is 30.9. The predicted molar refractivity (Wildman–Crippen MR) is 101 cm³/mol. The van der Waals surface area contributed by atoms with Crippen LogP contribution in [0.1, 0.15) is 63.6 Å². The second-order valence-electron chi connectivity index (χ2n) is 9.49. The Morgan fingerprint density at radius 2 is 2.07 bits per heavy atom. The van der Waals surface area contributed by atoms with Crippen LogP contribution in [0.15, 0.2) is 12.5 Å². The minimum Gasteiger partial charge on any atom is -0.342 e. The molecule has 5 rings (SSSR count). The van der Waals surface area contributed by atoms with Gasteiger partial charge in [0.1, 0.15) is 0 Å². The van der Waals surface area contributed by atoms with E-state index in [9.17, 15) is 9.59 Å². The number of aromatic nitrogens is 2. The molecule has 6 heteroatoms. The van der Waals surface area contributed by atoms with Gasteiger partial charge in [0.2, 0.25) is 11.8 Å². The molecule has 1 aromatic heterocycles. The van der Waals surface area contributed by atoms with Gasteiger partial charge in [-0.25, -0.2) is 4.98 Å². The Morgan fingerprint density at radius 1 is 1.30 bits per heavy atom. The summed E-state index contributed by atoms with van der Waals surface area (Å²) in [6.07, 6.45) is 9.36. The summed E-state index contributed by atoms with van der Waals surface area (Å²) in [4.78, 5) is 35.1. The van der Waals surface area contributed by atoms with Crippen molar-refractivity contribution in [2.24, 2.45) is 17.3 Å². The quantitative estimate of drug-likeness (QED) is 0.800. The Bertz CT molecular complexity index is 764. The van der Waals surface area contributed by atoms with Gasteiger partial charge in [0.25, 0.3) is 0 Å². The molecule has 0 aromatic carbocycles. The highest BCUT2D eigenvalue weighted by atomic mass is 16.2. The van der Waals surface area contributed by atoms with E-state index < -0.39 is 5.41 Å². The standard InChI is InChI=1S/C21H30N4O2/c1-14(2)25-11-18(22-13-25)17-10-24(19(26)16-5-6-16)12-21(17)7-8-23(20(21)27)9-15-3-4-15/h11,13-17H,3-10,12H2,1-2H3/t17-,21-/m1/s1. The summed E-state index contributed by atoms with van der Waals surface area (Å²) in [5.74, 6) is 1.46. The third-order valence-electron chi connectivity index (χ3n) is 7.07. The molecule has 146 valence electrons. The largest absolute Gasteiger partial charge is 0.342 e. The SMILES string of the molecule is CC(C)n1cnc([C@H]2CN(C(=O)C3CC3)C[C@]23CCN(CC2CC2)C3=O)c1. The number of amides is 2. The van der Waals surface area contributed by atoms with Crippen LogP contribution in [0.2, 0.25) is 0 Å². The Morgan fingerprint density at radius 3 is 2.70 bits per heavy atom. The van der Waals surface area contributed by atoms with Crippen LogP contribution in [0.5, 0.6) is 0 Å². The summed E-state index contributed by atoms with van der Waals surface area (Å²) in [6, 6.07) is 0.346. The van der Waals surface area contributed by atoms with E-state index in [4.69, 9.17) is 0 Å². The number of likely N-dealkylation sites (tertiary alicyclic amines) is 2. The summed E-state index contributed by atoms with van der Waals surface area (Å²) in [5, 5.41) is 0. The smallest absolute Gasteiger partial charge is 0.231 e. The molecule has 0 unspecified atom stereocenters. The first kappa shape index (κ1) is 17.3. The summed E-state index contributed by atoms with van der Waals surface area (Å²) in [5.41, 5.74) is 0.520. The van der Waals surface area contributed by atoms with Crippen LogP contribution in [-0.2, 0) is 9.59 Å². The minimum absolute atomic E-state index is 0.0249. The molecule has 1 spiro atoms. The van der Waals surface area contributed by atoms with Gasteiger partial charge in [0, 0.05) is 50.3 Å². The van der Waals surface area contributed by atoms with E-state index in [0.717, 1.165) is 38.0 Å². The molecule has 4 fully saturated rings. The lowest BCUT2D eigenvalue weighted by Crippen LogP contribution is -2.41. The number of carbonyl (C=O) groups excluding carboxylic acids is 2. The Labute approximate surface area is 160 Å². The first-order chi connectivity index (χ1) is 13.0. The van der Waals surface area contributed by atoms with Gasteiger partial charge in [-0.2, -0.15) is 0 Å². The third-order valence-corrected chi connectivity index (χ3v) is 7.07. The van der Waals surface area contributed by atoms with Gasteiger partial charge in [-0.1, -0.05) is 0 Å². The Kier molecular flexibility index (Phi) is 3.89. The third kappa shape index (κ3) is 2.88. The lowest BCUT2D eigenvalue weighted by atomic mass is 9.75. The molecule has 2 aliphatic carbocycles. The molecule has 0 bridgehead atoms. The lowest BCUT2D eigenvalue weighted by molar-refractivity contribution is -0.137. The van der Waals surface area contributed by atoms with Crippen molar-refractivity contribution in [1.82, 2.24) is 19.4 Å². The topological polar surface area (TPSA) is 58.4 Å². The summed E-state index contributed by atoms with van der Waals surface area (Å²) in [7, 11) is 0. The van der Waals surface area contributed by atoms with Gasteiger partial charge in [-0.15, -0.1) is 0 Å². The molecule has 1 aromatic rings. The van der Waals surface area contributed by atoms with Crippen LogP contribution >= 0.6 is 0 Å². The first-order valence-electron chi connectivity index (χ1n) is 10.6. The van der Waals surface area contributed by atoms with E-state index in [-0.39, 0.29) is 23.7 Å². The second-order valence-corrected chi connectivity index (χ2v) is 9.49. The molecule has 2 saturated carbocycles. The van der Waals surface area contributed by atoms with Crippen molar-refractivity contribution >= 4 is 11.8 Å². The van der Waals surface area contributed by atoms with E-state index in [0.29, 0.717) is 25.0 Å². The van der Waals surface area contributed by atoms with Crippen molar-refractivity contribution in [3.05, 3.63) is 18.2 Å². The number of nitrogens with zero attached hydrogens (tertiary/aromatic N) is 4. The number of carbonyl (C=O) groups is 2. The summed E-state index contributed by atoms with van der Waals surface area (Å²) >= 11 is 0. The van der Waals surface area contributed by atoms with Gasteiger partial charge >= 0.3 is 0 Å². The van der Waals surface area contributed by atoms with Gasteiger partial charge < -0.3 is 14.4 Å². The van der Waals surface area contributed by atoms with Gasteiger partial charge in [-0.05, 0) is 51.9 Å². The molecule has 6 nitrogen and oxygen atoms in total. The molecule has 27 heavy (non-hydrogen) atoms. The fourth-order valence-corrected chi connectivity index (χ4v) is 4.97. The van der Waals surface area contributed by atoms with Crippen molar-refractivity contribution in [3.8, 4) is 0 Å². The Balaban J connectivity index is 1.45. The molecule has 3 heterocycles. The van der Waals surface area contributed by atoms with Crippen molar-refractivity contribution in [1.29, 1.82) is 0 Å². The van der Waals surface area contributed by atoms with Crippen LogP contribution in [0.4, 0.5) is 0 Å². The van der Waals surface area contributed by atoms with Crippen molar-refractivity contribution in [2.75, 3.05) is 26.2 Å². The molecule has 2 aliphatic heterocycles. The zero-order chi connectivity index (χ0) is 18.8. The molecular weight excluding hydrogens is 340 g/mol. The molecule has 2 atom stereocenters. The van der Waals surface area contributed by atoms with E-state index in [1.54, 1.807) is 0 Å².